The fourth-order valence-corrected chi connectivity index (χ4v) is 2.01. The number of hydrogen-bond acceptors (Lipinski definition) is 3. The molecular weight excluding hydrogens is 245 g/mol. The highest BCUT2D eigenvalue weighted by atomic mass is 19.1. The first-order valence-corrected chi connectivity index (χ1v) is 6.20. The van der Waals surface area contributed by atoms with Gasteiger partial charge in [0.05, 0.1) is 12.1 Å². The third-order valence-corrected chi connectivity index (χ3v) is 3.03. The van der Waals surface area contributed by atoms with Crippen molar-refractivity contribution < 1.29 is 8.91 Å². The van der Waals surface area contributed by atoms with Crippen LogP contribution in [0.25, 0.3) is 10.9 Å². The number of halogens is 1. The van der Waals surface area contributed by atoms with Crippen LogP contribution in [-0.2, 0) is 6.54 Å². The molecule has 0 bridgehead atoms. The Kier molecular flexibility index (Phi) is 2.81. The molecule has 0 fully saturated rings. The average Bonchev–Trinajstić information content (AvgIpc) is 2.98. The van der Waals surface area contributed by atoms with Crippen molar-refractivity contribution in [1.82, 2.24) is 14.7 Å². The maximum Gasteiger partial charge on any atom is 0.229 e. The number of rotatable bonds is 3. The quantitative estimate of drug-likeness (QED) is 0.724. The van der Waals surface area contributed by atoms with Gasteiger partial charge in [-0.15, -0.1) is 0 Å². The Morgan fingerprint density at radius 1 is 1.32 bits per heavy atom. The number of fused-ring (bicyclic) bond motifs is 1. The summed E-state index contributed by atoms with van der Waals surface area (Å²) in [5.74, 6) is 1.19. The first-order chi connectivity index (χ1) is 9.13. The Morgan fingerprint density at radius 3 is 2.89 bits per heavy atom. The summed E-state index contributed by atoms with van der Waals surface area (Å²) >= 11 is 0. The summed E-state index contributed by atoms with van der Waals surface area (Å²) < 4.78 is 20.4. The lowest BCUT2D eigenvalue weighted by atomic mass is 10.2. The number of aromatic nitrogens is 3. The molecule has 0 amide bonds. The summed E-state index contributed by atoms with van der Waals surface area (Å²) in [6.07, 6.45) is 1.90. The second-order valence-electron chi connectivity index (χ2n) is 4.85. The molecule has 4 nitrogen and oxygen atoms in total. The molecule has 1 aromatic carbocycles. The summed E-state index contributed by atoms with van der Waals surface area (Å²) in [4.78, 5) is 4.32. The number of benzene rings is 1. The molecule has 98 valence electrons. The molecule has 2 aromatic heterocycles. The van der Waals surface area contributed by atoms with Crippen LogP contribution in [0.4, 0.5) is 4.39 Å². The Bertz CT molecular complexity index is 714. The lowest BCUT2D eigenvalue weighted by Crippen LogP contribution is -2.00. The van der Waals surface area contributed by atoms with Crippen LogP contribution in [0, 0.1) is 5.82 Å². The van der Waals surface area contributed by atoms with Crippen molar-refractivity contribution in [1.29, 1.82) is 0 Å². The van der Waals surface area contributed by atoms with Crippen molar-refractivity contribution in [2.45, 2.75) is 26.3 Å². The minimum absolute atomic E-state index is 0.208. The van der Waals surface area contributed by atoms with E-state index in [-0.39, 0.29) is 11.7 Å². The molecular formula is C14H14FN3O. The minimum atomic E-state index is -0.247. The highest BCUT2D eigenvalue weighted by molar-refractivity contribution is 5.80. The molecule has 0 aliphatic heterocycles. The summed E-state index contributed by atoms with van der Waals surface area (Å²) in [5.41, 5.74) is 0.830. The SMILES string of the molecule is CC(C)c1nc(Cn2ccc3ccc(F)cc32)no1. The van der Waals surface area contributed by atoms with Crippen molar-refractivity contribution in [2.24, 2.45) is 0 Å². The van der Waals surface area contributed by atoms with Gasteiger partial charge in [-0.1, -0.05) is 19.0 Å². The summed E-state index contributed by atoms with van der Waals surface area (Å²) in [5, 5.41) is 4.94. The molecule has 0 unspecified atom stereocenters. The van der Waals surface area contributed by atoms with Gasteiger partial charge in [0, 0.05) is 12.1 Å². The van der Waals surface area contributed by atoms with Gasteiger partial charge in [-0.3, -0.25) is 0 Å². The lowest BCUT2D eigenvalue weighted by Gasteiger charge is -2.01. The molecule has 5 heteroatoms. The van der Waals surface area contributed by atoms with Crippen molar-refractivity contribution in [3.63, 3.8) is 0 Å². The van der Waals surface area contributed by atoms with E-state index in [1.54, 1.807) is 6.07 Å². The van der Waals surface area contributed by atoms with E-state index < -0.39 is 0 Å². The molecule has 0 aliphatic carbocycles. The van der Waals surface area contributed by atoms with Gasteiger partial charge in [0.15, 0.2) is 5.82 Å². The molecule has 0 radical (unpaired) electrons. The summed E-state index contributed by atoms with van der Waals surface area (Å²) in [6, 6.07) is 6.67. The molecule has 2 heterocycles. The molecule has 0 atom stereocenters. The fourth-order valence-electron chi connectivity index (χ4n) is 2.01. The van der Waals surface area contributed by atoms with E-state index in [0.29, 0.717) is 18.3 Å². The van der Waals surface area contributed by atoms with Gasteiger partial charge in [0.2, 0.25) is 5.89 Å². The largest absolute Gasteiger partial charge is 0.340 e. The molecule has 19 heavy (non-hydrogen) atoms. The highest BCUT2D eigenvalue weighted by Crippen LogP contribution is 2.18. The van der Waals surface area contributed by atoms with Gasteiger partial charge in [0.25, 0.3) is 0 Å². The van der Waals surface area contributed by atoms with Crippen molar-refractivity contribution in [2.75, 3.05) is 0 Å². The van der Waals surface area contributed by atoms with Crippen molar-refractivity contribution in [3.8, 4) is 0 Å². The molecule has 0 saturated heterocycles. The van der Waals surface area contributed by atoms with Gasteiger partial charge in [0.1, 0.15) is 5.82 Å². The van der Waals surface area contributed by atoms with E-state index in [2.05, 4.69) is 10.1 Å². The molecule has 0 N–H and O–H groups in total. The fraction of sp³-hybridized carbons (Fsp3) is 0.286. The Morgan fingerprint density at radius 2 is 2.16 bits per heavy atom. The maximum absolute atomic E-state index is 13.3. The topological polar surface area (TPSA) is 43.9 Å². The molecule has 3 rings (SSSR count). The second-order valence-corrected chi connectivity index (χ2v) is 4.85. The highest BCUT2D eigenvalue weighted by Gasteiger charge is 2.11. The van der Waals surface area contributed by atoms with Crippen LogP contribution in [0.15, 0.2) is 35.0 Å². The third kappa shape index (κ3) is 2.23. The van der Waals surface area contributed by atoms with Crippen LogP contribution in [0.2, 0.25) is 0 Å². The van der Waals surface area contributed by atoms with Crippen LogP contribution in [0.1, 0.15) is 31.5 Å². The van der Waals surface area contributed by atoms with Gasteiger partial charge in [-0.2, -0.15) is 4.98 Å². The number of hydrogen-bond donors (Lipinski definition) is 0. The molecule has 0 spiro atoms. The minimum Gasteiger partial charge on any atom is -0.340 e. The van der Waals surface area contributed by atoms with Crippen LogP contribution in [0.3, 0.4) is 0 Å². The Balaban J connectivity index is 1.94. The molecule has 3 aromatic rings. The van der Waals surface area contributed by atoms with Gasteiger partial charge in [-0.05, 0) is 29.7 Å². The zero-order chi connectivity index (χ0) is 13.4. The van der Waals surface area contributed by atoms with E-state index in [1.165, 1.54) is 12.1 Å². The average molecular weight is 259 g/mol. The third-order valence-electron chi connectivity index (χ3n) is 3.03. The second kappa shape index (κ2) is 4.50. The van der Waals surface area contributed by atoms with Crippen molar-refractivity contribution >= 4 is 10.9 Å². The predicted octanol–water partition coefficient (Wildman–Crippen LogP) is 3.34. The summed E-state index contributed by atoms with van der Waals surface area (Å²) in [7, 11) is 0. The Hall–Kier alpha value is -2.17. The maximum atomic E-state index is 13.3. The first-order valence-electron chi connectivity index (χ1n) is 6.20. The van der Waals surface area contributed by atoms with Crippen molar-refractivity contribution in [3.05, 3.63) is 48.0 Å². The standard InChI is InChI=1S/C14H14FN3O/c1-9(2)14-16-13(17-19-14)8-18-6-5-10-3-4-11(15)7-12(10)18/h3-7,9H,8H2,1-2H3. The summed E-state index contributed by atoms with van der Waals surface area (Å²) in [6.45, 7) is 4.47. The van der Waals surface area contributed by atoms with E-state index in [0.717, 1.165) is 10.9 Å². The normalized spacial score (nSPS) is 11.6. The zero-order valence-electron chi connectivity index (χ0n) is 10.8. The van der Waals surface area contributed by atoms with Crippen LogP contribution >= 0.6 is 0 Å². The lowest BCUT2D eigenvalue weighted by molar-refractivity contribution is 0.360. The smallest absolute Gasteiger partial charge is 0.229 e. The number of nitrogens with zero attached hydrogens (tertiary/aromatic N) is 3. The monoisotopic (exact) mass is 259 g/mol. The first kappa shape index (κ1) is 11.9. The van der Waals surface area contributed by atoms with Crippen LogP contribution < -0.4 is 0 Å². The molecule has 0 saturated carbocycles. The van der Waals surface area contributed by atoms with E-state index >= 15 is 0 Å². The van der Waals surface area contributed by atoms with Gasteiger partial charge in [-0.25, -0.2) is 4.39 Å². The zero-order valence-corrected chi connectivity index (χ0v) is 10.8. The Labute approximate surface area is 109 Å². The van der Waals surface area contributed by atoms with Gasteiger partial charge >= 0.3 is 0 Å². The van der Waals surface area contributed by atoms with E-state index in [9.17, 15) is 4.39 Å². The van der Waals surface area contributed by atoms with Crippen LogP contribution in [0.5, 0.6) is 0 Å². The predicted molar refractivity (Wildman–Crippen MR) is 69.4 cm³/mol. The van der Waals surface area contributed by atoms with E-state index in [4.69, 9.17) is 4.52 Å². The van der Waals surface area contributed by atoms with E-state index in [1.807, 2.05) is 30.7 Å². The van der Waals surface area contributed by atoms with Gasteiger partial charge < -0.3 is 9.09 Å². The van der Waals surface area contributed by atoms with Crippen LogP contribution in [-0.4, -0.2) is 14.7 Å². The molecule has 0 aliphatic rings.